The highest BCUT2D eigenvalue weighted by Crippen LogP contribution is 2.18. The van der Waals surface area contributed by atoms with E-state index >= 15 is 0 Å². The van der Waals surface area contributed by atoms with Crippen molar-refractivity contribution in [1.29, 1.82) is 0 Å². The summed E-state index contributed by atoms with van der Waals surface area (Å²) >= 11 is 0. The van der Waals surface area contributed by atoms with Crippen LogP contribution in [0.1, 0.15) is 17.8 Å². The molecule has 1 N–H and O–H groups in total. The van der Waals surface area contributed by atoms with Gasteiger partial charge in [-0.3, -0.25) is 14.0 Å². The second-order valence-corrected chi connectivity index (χ2v) is 6.16. The van der Waals surface area contributed by atoms with Crippen LogP contribution in [0.5, 0.6) is 0 Å². The Kier molecular flexibility index (Phi) is 3.70. The first kappa shape index (κ1) is 15.1. The molecule has 4 rings (SSSR count). The second-order valence-electron chi connectivity index (χ2n) is 6.16. The zero-order valence-corrected chi connectivity index (χ0v) is 13.8. The molecule has 1 fully saturated rings. The summed E-state index contributed by atoms with van der Waals surface area (Å²) in [5, 5.41) is 7.45. The van der Waals surface area contributed by atoms with Crippen molar-refractivity contribution in [1.82, 2.24) is 29.5 Å². The number of hydrogen-bond acceptors (Lipinski definition) is 6. The molecule has 0 bridgehead atoms. The fraction of sp³-hybridized carbons (Fsp3) is 0.438. The minimum absolute atomic E-state index is 0.0904. The number of benzene rings is 1. The molecule has 1 aromatic carbocycles. The number of piperazine rings is 1. The summed E-state index contributed by atoms with van der Waals surface area (Å²) in [6.45, 7) is 2.97. The van der Waals surface area contributed by atoms with E-state index in [2.05, 4.69) is 27.4 Å². The van der Waals surface area contributed by atoms with Gasteiger partial charge in [0.05, 0.1) is 17.1 Å². The number of imidazole rings is 1. The third kappa shape index (κ3) is 2.44. The third-order valence-electron chi connectivity index (χ3n) is 4.64. The van der Waals surface area contributed by atoms with Crippen LogP contribution in [-0.4, -0.2) is 50.9 Å². The number of aromatic nitrogens is 4. The molecule has 0 aliphatic carbocycles. The monoisotopic (exact) mass is 328 g/mol. The van der Waals surface area contributed by atoms with E-state index in [9.17, 15) is 4.79 Å². The van der Waals surface area contributed by atoms with Crippen LogP contribution in [0, 0.1) is 0 Å². The molecule has 3 heterocycles. The molecule has 0 radical (unpaired) electrons. The van der Waals surface area contributed by atoms with Crippen molar-refractivity contribution in [2.24, 2.45) is 7.05 Å². The number of fused-ring (bicyclic) bond motifs is 1. The van der Waals surface area contributed by atoms with E-state index < -0.39 is 0 Å². The van der Waals surface area contributed by atoms with E-state index in [1.54, 1.807) is 16.2 Å². The molecule has 1 aliphatic rings. The first-order valence-corrected chi connectivity index (χ1v) is 8.03. The lowest BCUT2D eigenvalue weighted by atomic mass is 10.2. The summed E-state index contributed by atoms with van der Waals surface area (Å²) in [7, 11) is 3.82. The molecule has 24 heavy (non-hydrogen) atoms. The number of rotatable bonds is 3. The lowest BCUT2D eigenvalue weighted by Crippen LogP contribution is -2.44. The molecule has 2 aromatic heterocycles. The summed E-state index contributed by atoms with van der Waals surface area (Å²) in [5.41, 5.74) is 1.66. The molecular formula is C16H20N6O2. The predicted molar refractivity (Wildman–Crippen MR) is 88.8 cm³/mol. The molecule has 0 spiro atoms. The van der Waals surface area contributed by atoms with Gasteiger partial charge < -0.3 is 9.84 Å². The van der Waals surface area contributed by atoms with Crippen molar-refractivity contribution in [2.45, 2.75) is 12.6 Å². The van der Waals surface area contributed by atoms with Gasteiger partial charge in [-0.15, -0.1) is 0 Å². The normalized spacial score (nSPS) is 19.2. The van der Waals surface area contributed by atoms with E-state index in [4.69, 9.17) is 4.52 Å². The fourth-order valence-corrected chi connectivity index (χ4v) is 3.21. The van der Waals surface area contributed by atoms with Crippen LogP contribution in [0.2, 0.25) is 0 Å². The standard InChI is InChI=1S/C16H20N6O2/c1-20-8-7-17-9-13(20)15-18-14(24-19-15)10-22-12-6-4-3-5-11(12)21(2)16(22)23/h3-6,13,17H,7-10H2,1-2H3. The Morgan fingerprint density at radius 2 is 2.08 bits per heavy atom. The molecule has 1 atom stereocenters. The first-order valence-electron chi connectivity index (χ1n) is 8.03. The van der Waals surface area contributed by atoms with E-state index in [1.807, 2.05) is 24.3 Å². The van der Waals surface area contributed by atoms with Crippen LogP contribution in [0.3, 0.4) is 0 Å². The molecule has 1 saturated heterocycles. The van der Waals surface area contributed by atoms with E-state index in [-0.39, 0.29) is 18.3 Å². The van der Waals surface area contributed by atoms with Gasteiger partial charge in [0.15, 0.2) is 5.82 Å². The summed E-state index contributed by atoms with van der Waals surface area (Å²) in [5.74, 6) is 1.11. The second kappa shape index (κ2) is 5.88. The smallest absolute Gasteiger partial charge is 0.329 e. The predicted octanol–water partition coefficient (Wildman–Crippen LogP) is 0.347. The van der Waals surface area contributed by atoms with Crippen molar-refractivity contribution in [2.75, 3.05) is 26.7 Å². The minimum Gasteiger partial charge on any atom is -0.337 e. The Hall–Kier alpha value is -2.45. The molecule has 8 nitrogen and oxygen atoms in total. The molecule has 0 saturated carbocycles. The van der Waals surface area contributed by atoms with Gasteiger partial charge in [0.2, 0.25) is 5.89 Å². The Balaban J connectivity index is 1.65. The SMILES string of the molecule is CN1CCNCC1c1noc(Cn2c(=O)n(C)c3ccccc32)n1. The highest BCUT2D eigenvalue weighted by molar-refractivity contribution is 5.75. The van der Waals surface area contributed by atoms with Crippen LogP contribution >= 0.6 is 0 Å². The maximum absolute atomic E-state index is 12.5. The fourth-order valence-electron chi connectivity index (χ4n) is 3.21. The zero-order valence-electron chi connectivity index (χ0n) is 13.8. The minimum atomic E-state index is -0.0904. The first-order chi connectivity index (χ1) is 11.6. The maximum Gasteiger partial charge on any atom is 0.329 e. The number of hydrogen-bond donors (Lipinski definition) is 1. The number of nitrogens with one attached hydrogen (secondary N) is 1. The maximum atomic E-state index is 12.5. The van der Waals surface area contributed by atoms with Crippen LogP contribution in [0.4, 0.5) is 0 Å². The van der Waals surface area contributed by atoms with Gasteiger partial charge in [0.1, 0.15) is 6.54 Å². The highest BCUT2D eigenvalue weighted by atomic mass is 16.5. The number of aryl methyl sites for hydroxylation is 1. The van der Waals surface area contributed by atoms with Gasteiger partial charge in [0, 0.05) is 26.7 Å². The van der Waals surface area contributed by atoms with Crippen molar-refractivity contribution < 1.29 is 4.52 Å². The Bertz CT molecular complexity index is 924. The Morgan fingerprint density at radius 1 is 1.29 bits per heavy atom. The van der Waals surface area contributed by atoms with Crippen LogP contribution in [-0.2, 0) is 13.6 Å². The summed E-state index contributed by atoms with van der Waals surface area (Å²) in [6, 6.07) is 7.78. The summed E-state index contributed by atoms with van der Waals surface area (Å²) in [4.78, 5) is 19.2. The average molecular weight is 328 g/mol. The molecule has 126 valence electrons. The van der Waals surface area contributed by atoms with Gasteiger partial charge in [0.25, 0.3) is 0 Å². The van der Waals surface area contributed by atoms with Gasteiger partial charge in [-0.05, 0) is 19.2 Å². The number of para-hydroxylation sites is 2. The van der Waals surface area contributed by atoms with Gasteiger partial charge in [-0.2, -0.15) is 4.98 Å². The zero-order chi connectivity index (χ0) is 16.7. The largest absolute Gasteiger partial charge is 0.337 e. The number of nitrogens with zero attached hydrogens (tertiary/aromatic N) is 5. The lowest BCUT2D eigenvalue weighted by Gasteiger charge is -2.30. The molecule has 0 amide bonds. The summed E-state index contributed by atoms with van der Waals surface area (Å²) < 4.78 is 8.69. The highest BCUT2D eigenvalue weighted by Gasteiger charge is 2.25. The Morgan fingerprint density at radius 3 is 2.88 bits per heavy atom. The quantitative estimate of drug-likeness (QED) is 0.747. The third-order valence-corrected chi connectivity index (χ3v) is 4.64. The van der Waals surface area contributed by atoms with E-state index in [0.29, 0.717) is 11.7 Å². The molecule has 1 aliphatic heterocycles. The van der Waals surface area contributed by atoms with Crippen LogP contribution < -0.4 is 11.0 Å². The van der Waals surface area contributed by atoms with Crippen LogP contribution in [0.25, 0.3) is 11.0 Å². The van der Waals surface area contributed by atoms with Crippen molar-refractivity contribution in [3.05, 3.63) is 46.5 Å². The van der Waals surface area contributed by atoms with Crippen LogP contribution in [0.15, 0.2) is 33.6 Å². The van der Waals surface area contributed by atoms with Crippen molar-refractivity contribution in [3.63, 3.8) is 0 Å². The van der Waals surface area contributed by atoms with Gasteiger partial charge in [-0.25, -0.2) is 4.79 Å². The van der Waals surface area contributed by atoms with E-state index in [1.165, 1.54) is 0 Å². The molecular weight excluding hydrogens is 308 g/mol. The number of likely N-dealkylation sites (N-methyl/N-ethyl adjacent to an activating group) is 1. The Labute approximate surface area is 138 Å². The molecule has 3 aromatic rings. The van der Waals surface area contributed by atoms with Crippen molar-refractivity contribution in [3.8, 4) is 0 Å². The van der Waals surface area contributed by atoms with E-state index in [0.717, 1.165) is 30.7 Å². The topological polar surface area (TPSA) is 81.1 Å². The van der Waals surface area contributed by atoms with Gasteiger partial charge >= 0.3 is 5.69 Å². The van der Waals surface area contributed by atoms with Gasteiger partial charge in [-0.1, -0.05) is 17.3 Å². The molecule has 1 unspecified atom stereocenters. The average Bonchev–Trinajstić information content (AvgIpc) is 3.15. The summed E-state index contributed by atoms with van der Waals surface area (Å²) in [6.07, 6.45) is 0. The molecule has 8 heteroatoms. The lowest BCUT2D eigenvalue weighted by molar-refractivity contribution is 0.190. The van der Waals surface area contributed by atoms with Crippen molar-refractivity contribution >= 4 is 11.0 Å².